The minimum Gasteiger partial charge on any atom is -0.330 e. The molecule has 2 bridgehead atoms. The quantitative estimate of drug-likeness (QED) is 0.316. The van der Waals surface area contributed by atoms with Gasteiger partial charge in [-0.3, -0.25) is 4.98 Å². The average molecular weight is 499 g/mol. The van der Waals surface area contributed by atoms with Crippen molar-refractivity contribution in [2.45, 2.75) is 45.4 Å². The van der Waals surface area contributed by atoms with Crippen LogP contribution in [0.2, 0.25) is 0 Å². The van der Waals surface area contributed by atoms with Crippen LogP contribution in [-0.4, -0.2) is 20.7 Å². The standard InChI is InChI=1S/C32H30N4.C2H4/c1-4-23-8-5-6-9-24(23)14-11-22-12-15-25(16-13-22)32-35-29-26-10-7-17-33-28(19-26)30-27(31(29)36(32)3)18-21(2)20-34-30;1-2/h4-5,7-8,10,12-15,17-18,20,25H,6,9,11,16H2,1-3H3;1-2H2/b23-4-,24-14-;/t25-;/m0./s1. The van der Waals surface area contributed by atoms with E-state index in [2.05, 4.69) is 97.9 Å². The van der Waals surface area contributed by atoms with E-state index in [-0.39, 0.29) is 5.92 Å². The minimum absolute atomic E-state index is 0.235. The van der Waals surface area contributed by atoms with Gasteiger partial charge >= 0.3 is 0 Å². The summed E-state index contributed by atoms with van der Waals surface area (Å²) in [5, 5.41) is 0. The fourth-order valence-electron chi connectivity index (χ4n) is 5.45. The maximum Gasteiger partial charge on any atom is 0.132 e. The van der Waals surface area contributed by atoms with Gasteiger partial charge in [-0.15, -0.1) is 13.2 Å². The molecule has 3 heterocycles. The van der Waals surface area contributed by atoms with Crippen LogP contribution >= 0.6 is 0 Å². The third kappa shape index (κ3) is 4.71. The second kappa shape index (κ2) is 11.0. The molecule has 0 spiro atoms. The van der Waals surface area contributed by atoms with Crippen molar-refractivity contribution in [1.82, 2.24) is 14.5 Å². The Labute approximate surface area is 226 Å². The van der Waals surface area contributed by atoms with E-state index in [0.29, 0.717) is 0 Å². The van der Waals surface area contributed by atoms with Crippen LogP contribution in [0.15, 0.2) is 108 Å². The summed E-state index contributed by atoms with van der Waals surface area (Å²) in [6, 6.07) is 2.19. The summed E-state index contributed by atoms with van der Waals surface area (Å²) >= 11 is 0. The number of nitrogens with zero attached hydrogens (tertiary/aromatic N) is 4. The molecule has 2 aromatic rings. The van der Waals surface area contributed by atoms with Crippen molar-refractivity contribution in [2.24, 2.45) is 12.0 Å². The van der Waals surface area contributed by atoms with Crippen molar-refractivity contribution < 1.29 is 0 Å². The molecular weight excluding hydrogens is 464 g/mol. The Morgan fingerprint density at radius 2 is 2.05 bits per heavy atom. The van der Waals surface area contributed by atoms with Gasteiger partial charge < -0.3 is 4.57 Å². The van der Waals surface area contributed by atoms with Crippen LogP contribution in [0.4, 0.5) is 0 Å². The van der Waals surface area contributed by atoms with E-state index in [0.717, 1.165) is 71.0 Å². The summed E-state index contributed by atoms with van der Waals surface area (Å²) < 4.78 is 2.25. The molecule has 0 saturated heterocycles. The lowest BCUT2D eigenvalue weighted by Gasteiger charge is -2.18. The fraction of sp³-hybridized carbons (Fsp3) is 0.235. The number of pyridine rings is 1. The largest absolute Gasteiger partial charge is 0.330 e. The van der Waals surface area contributed by atoms with Crippen LogP contribution < -0.4 is 0 Å². The number of hydrogen-bond donors (Lipinski definition) is 0. The Balaban J connectivity index is 0.00000144. The van der Waals surface area contributed by atoms with Gasteiger partial charge in [0, 0.05) is 36.5 Å². The fourth-order valence-corrected chi connectivity index (χ4v) is 5.45. The van der Waals surface area contributed by atoms with Gasteiger partial charge in [0.25, 0.3) is 0 Å². The zero-order valence-corrected chi connectivity index (χ0v) is 22.5. The van der Waals surface area contributed by atoms with Crippen molar-refractivity contribution in [3.63, 3.8) is 0 Å². The van der Waals surface area contributed by atoms with Crippen molar-refractivity contribution >= 4 is 17.5 Å². The predicted octanol–water partition coefficient (Wildman–Crippen LogP) is 8.15. The van der Waals surface area contributed by atoms with Crippen molar-refractivity contribution in [1.29, 1.82) is 0 Å². The summed E-state index contributed by atoms with van der Waals surface area (Å²) in [5.41, 5.74) is 14.5. The molecule has 190 valence electrons. The van der Waals surface area contributed by atoms with Crippen molar-refractivity contribution in [2.75, 3.05) is 0 Å². The smallest absolute Gasteiger partial charge is 0.132 e. The molecule has 3 aliphatic carbocycles. The van der Waals surface area contributed by atoms with Crippen LogP contribution in [0, 0.1) is 6.92 Å². The van der Waals surface area contributed by atoms with Crippen molar-refractivity contribution in [3.8, 4) is 11.3 Å². The lowest BCUT2D eigenvalue weighted by molar-refractivity contribution is 0.710. The third-order valence-corrected chi connectivity index (χ3v) is 7.35. The number of imidazole rings is 1. The van der Waals surface area contributed by atoms with Crippen LogP contribution in [0.25, 0.3) is 22.5 Å². The van der Waals surface area contributed by atoms with Gasteiger partial charge in [0.2, 0.25) is 0 Å². The van der Waals surface area contributed by atoms with E-state index in [4.69, 9.17) is 9.97 Å². The van der Waals surface area contributed by atoms with Gasteiger partial charge in [-0.05, 0) is 80.0 Å². The number of aliphatic imine (C=N–C) groups is 1. The highest BCUT2D eigenvalue weighted by Crippen LogP contribution is 2.40. The molecule has 6 rings (SSSR count). The Hall–Kier alpha value is -4.27. The zero-order chi connectivity index (χ0) is 26.6. The molecule has 0 aromatic carbocycles. The lowest BCUT2D eigenvalue weighted by Crippen LogP contribution is -2.07. The highest BCUT2D eigenvalue weighted by atomic mass is 15.1. The summed E-state index contributed by atoms with van der Waals surface area (Å²) in [6.45, 7) is 10.2. The maximum atomic E-state index is 5.20. The maximum absolute atomic E-state index is 5.20. The van der Waals surface area contributed by atoms with E-state index in [1.165, 1.54) is 16.7 Å². The van der Waals surface area contributed by atoms with Crippen LogP contribution in [0.5, 0.6) is 0 Å². The number of aryl methyl sites for hydroxylation is 1. The van der Waals surface area contributed by atoms with E-state index < -0.39 is 0 Å². The summed E-state index contributed by atoms with van der Waals surface area (Å²) in [7, 11) is 2.13. The number of allylic oxidation sites excluding steroid dienone is 13. The predicted molar refractivity (Wildman–Crippen MR) is 160 cm³/mol. The number of rotatable bonds is 3. The molecule has 0 unspecified atom stereocenters. The van der Waals surface area contributed by atoms with E-state index in [1.54, 1.807) is 0 Å². The molecule has 0 fully saturated rings. The van der Waals surface area contributed by atoms with Crippen LogP contribution in [0.3, 0.4) is 0 Å². The zero-order valence-electron chi connectivity index (χ0n) is 22.5. The van der Waals surface area contributed by atoms with Crippen LogP contribution in [0.1, 0.15) is 61.3 Å². The molecule has 0 radical (unpaired) electrons. The highest BCUT2D eigenvalue weighted by molar-refractivity contribution is 5.97. The summed E-state index contributed by atoms with van der Waals surface area (Å²) in [4.78, 5) is 14.5. The second-order valence-corrected chi connectivity index (χ2v) is 9.76. The van der Waals surface area contributed by atoms with E-state index in [1.807, 2.05) is 24.6 Å². The first-order valence-corrected chi connectivity index (χ1v) is 13.3. The van der Waals surface area contributed by atoms with Crippen molar-refractivity contribution in [3.05, 3.63) is 125 Å². The first-order valence-electron chi connectivity index (χ1n) is 13.3. The molecule has 0 N–H and O–H groups in total. The van der Waals surface area contributed by atoms with Gasteiger partial charge in [-0.2, -0.15) is 0 Å². The van der Waals surface area contributed by atoms with E-state index >= 15 is 0 Å². The van der Waals surface area contributed by atoms with Gasteiger partial charge in [0.05, 0.1) is 5.69 Å². The molecule has 38 heavy (non-hydrogen) atoms. The molecule has 4 nitrogen and oxygen atoms in total. The highest BCUT2D eigenvalue weighted by Gasteiger charge is 2.28. The number of fused-ring (bicyclic) bond motifs is 5. The Bertz CT molecular complexity index is 1560. The first-order chi connectivity index (χ1) is 18.6. The Morgan fingerprint density at radius 1 is 1.18 bits per heavy atom. The molecule has 0 saturated carbocycles. The van der Waals surface area contributed by atoms with Gasteiger partial charge in [0.1, 0.15) is 22.9 Å². The molecular formula is C34H34N4. The monoisotopic (exact) mass is 498 g/mol. The normalized spacial score (nSPS) is 21.0. The van der Waals surface area contributed by atoms with E-state index in [9.17, 15) is 0 Å². The summed E-state index contributed by atoms with van der Waals surface area (Å²) in [6.07, 6.45) is 28.0. The number of hydrogen-bond acceptors (Lipinski definition) is 3. The minimum atomic E-state index is 0.235. The Morgan fingerprint density at radius 3 is 2.84 bits per heavy atom. The molecule has 0 amide bonds. The Kier molecular flexibility index (Phi) is 7.35. The molecule has 1 aliphatic heterocycles. The molecule has 1 atom stereocenters. The molecule has 2 aromatic heterocycles. The second-order valence-electron chi connectivity index (χ2n) is 9.76. The number of aromatic nitrogens is 3. The van der Waals surface area contributed by atoms with Crippen LogP contribution in [-0.2, 0) is 7.05 Å². The van der Waals surface area contributed by atoms with Gasteiger partial charge in [-0.25, -0.2) is 9.98 Å². The summed E-state index contributed by atoms with van der Waals surface area (Å²) in [5.74, 6) is 1.31. The average Bonchev–Trinajstić information content (AvgIpc) is 3.08. The molecule has 4 heteroatoms. The molecule has 4 aliphatic rings. The third-order valence-electron chi connectivity index (χ3n) is 7.35. The SMILES string of the molecule is C/C=C1/C=CCC/C1=C/CC1=CC[C@@H](c2nc3c(n2C)-c2cc(C)cnc2C2=C=C3C=CC=N2)C=C1.C=C. The van der Waals surface area contributed by atoms with Gasteiger partial charge in [0.15, 0.2) is 0 Å². The topological polar surface area (TPSA) is 43.1 Å². The van der Waals surface area contributed by atoms with Gasteiger partial charge in [-0.1, -0.05) is 48.3 Å². The lowest BCUT2D eigenvalue weighted by atomic mass is 9.91. The first kappa shape index (κ1) is 25.4.